The van der Waals surface area contributed by atoms with Crippen molar-refractivity contribution in [3.8, 4) is 0 Å². The summed E-state index contributed by atoms with van der Waals surface area (Å²) in [5, 5.41) is 3.24. The van der Waals surface area contributed by atoms with Gasteiger partial charge in [-0.1, -0.05) is 6.92 Å². The van der Waals surface area contributed by atoms with Crippen molar-refractivity contribution in [1.82, 2.24) is 14.9 Å². The second-order valence-electron chi connectivity index (χ2n) is 7.11. The van der Waals surface area contributed by atoms with Crippen LogP contribution in [-0.4, -0.2) is 36.2 Å². The van der Waals surface area contributed by atoms with Crippen molar-refractivity contribution in [2.45, 2.75) is 39.7 Å². The molecule has 0 spiro atoms. The standard InChI is InChI=1S/C15H26N4O/c1-14(2,3)19-9-7-17-12(13(19)20)18-8-6-15(4,11-18)10-16-5/h7,9,16H,6,8,10-11H2,1-5H3. The highest BCUT2D eigenvalue weighted by Gasteiger charge is 2.35. The fraction of sp³-hybridized carbons (Fsp3) is 0.733. The fourth-order valence-electron chi connectivity index (χ4n) is 2.92. The predicted molar refractivity (Wildman–Crippen MR) is 82.4 cm³/mol. The average Bonchev–Trinajstić information content (AvgIpc) is 2.71. The van der Waals surface area contributed by atoms with Crippen LogP contribution >= 0.6 is 0 Å². The molecule has 1 aromatic heterocycles. The van der Waals surface area contributed by atoms with E-state index in [4.69, 9.17) is 0 Å². The molecule has 1 unspecified atom stereocenters. The lowest BCUT2D eigenvalue weighted by Crippen LogP contribution is -2.39. The second kappa shape index (κ2) is 5.20. The SMILES string of the molecule is CNCC1(C)CCN(c2nccn(C(C)(C)C)c2=O)C1. The molecule has 0 saturated carbocycles. The topological polar surface area (TPSA) is 50.2 Å². The molecule has 0 amide bonds. The Bertz CT molecular complexity index is 531. The molecule has 20 heavy (non-hydrogen) atoms. The summed E-state index contributed by atoms with van der Waals surface area (Å²) >= 11 is 0. The Hall–Kier alpha value is -1.36. The Morgan fingerprint density at radius 2 is 2.15 bits per heavy atom. The number of anilines is 1. The van der Waals surface area contributed by atoms with Gasteiger partial charge in [-0.25, -0.2) is 4.98 Å². The fourth-order valence-corrected chi connectivity index (χ4v) is 2.92. The second-order valence-corrected chi connectivity index (χ2v) is 7.11. The number of nitrogens with one attached hydrogen (secondary N) is 1. The zero-order valence-electron chi connectivity index (χ0n) is 13.2. The average molecular weight is 278 g/mol. The molecule has 1 aliphatic rings. The maximum Gasteiger partial charge on any atom is 0.293 e. The van der Waals surface area contributed by atoms with Gasteiger partial charge in [-0.3, -0.25) is 4.79 Å². The number of aromatic nitrogens is 2. The van der Waals surface area contributed by atoms with Crippen LogP contribution in [0.5, 0.6) is 0 Å². The van der Waals surface area contributed by atoms with Crippen molar-refractivity contribution in [3.05, 3.63) is 22.7 Å². The quantitative estimate of drug-likeness (QED) is 0.909. The van der Waals surface area contributed by atoms with Gasteiger partial charge >= 0.3 is 0 Å². The van der Waals surface area contributed by atoms with Gasteiger partial charge in [-0.15, -0.1) is 0 Å². The van der Waals surface area contributed by atoms with Crippen LogP contribution in [0.4, 0.5) is 5.82 Å². The molecule has 1 N–H and O–H groups in total. The van der Waals surface area contributed by atoms with Crippen LogP contribution in [0.25, 0.3) is 0 Å². The molecule has 0 aliphatic carbocycles. The van der Waals surface area contributed by atoms with E-state index >= 15 is 0 Å². The summed E-state index contributed by atoms with van der Waals surface area (Å²) in [7, 11) is 1.97. The molecule has 0 radical (unpaired) electrons. The van der Waals surface area contributed by atoms with Gasteiger partial charge in [0.2, 0.25) is 0 Å². The molecule has 5 nitrogen and oxygen atoms in total. The molecule has 2 rings (SSSR count). The van der Waals surface area contributed by atoms with E-state index in [-0.39, 0.29) is 16.5 Å². The van der Waals surface area contributed by atoms with E-state index in [1.807, 2.05) is 27.8 Å². The number of hydrogen-bond donors (Lipinski definition) is 1. The summed E-state index contributed by atoms with van der Waals surface area (Å²) in [6, 6.07) is 0. The first-order valence-corrected chi connectivity index (χ1v) is 7.24. The van der Waals surface area contributed by atoms with Crippen LogP contribution in [0.15, 0.2) is 17.2 Å². The lowest BCUT2D eigenvalue weighted by molar-refractivity contribution is 0.355. The Balaban J connectivity index is 2.30. The van der Waals surface area contributed by atoms with Crippen molar-refractivity contribution >= 4 is 5.82 Å². The number of nitrogens with zero attached hydrogens (tertiary/aromatic N) is 3. The van der Waals surface area contributed by atoms with E-state index in [9.17, 15) is 4.79 Å². The molecule has 1 aromatic rings. The Kier molecular flexibility index (Phi) is 3.91. The van der Waals surface area contributed by atoms with E-state index < -0.39 is 0 Å². The van der Waals surface area contributed by atoms with Crippen molar-refractivity contribution in [2.75, 3.05) is 31.6 Å². The smallest absolute Gasteiger partial charge is 0.293 e. The maximum absolute atomic E-state index is 12.6. The highest BCUT2D eigenvalue weighted by molar-refractivity contribution is 5.38. The molecule has 0 bridgehead atoms. The van der Waals surface area contributed by atoms with Crippen LogP contribution in [0, 0.1) is 5.41 Å². The molecule has 1 saturated heterocycles. The lowest BCUT2D eigenvalue weighted by atomic mass is 9.90. The van der Waals surface area contributed by atoms with Crippen molar-refractivity contribution in [2.24, 2.45) is 5.41 Å². The first-order valence-electron chi connectivity index (χ1n) is 7.24. The predicted octanol–water partition coefficient (Wildman–Crippen LogP) is 1.43. The lowest BCUT2D eigenvalue weighted by Gasteiger charge is -2.26. The Morgan fingerprint density at radius 1 is 1.45 bits per heavy atom. The van der Waals surface area contributed by atoms with Crippen molar-refractivity contribution < 1.29 is 0 Å². The zero-order chi connectivity index (χ0) is 15.0. The monoisotopic (exact) mass is 278 g/mol. The van der Waals surface area contributed by atoms with E-state index in [1.165, 1.54) is 0 Å². The van der Waals surface area contributed by atoms with Gasteiger partial charge in [0.15, 0.2) is 5.82 Å². The van der Waals surface area contributed by atoms with E-state index in [1.54, 1.807) is 17.0 Å². The third-order valence-corrected chi connectivity index (χ3v) is 4.01. The molecule has 5 heteroatoms. The van der Waals surface area contributed by atoms with Gasteiger partial charge in [0.05, 0.1) is 0 Å². The maximum atomic E-state index is 12.6. The third kappa shape index (κ3) is 2.87. The van der Waals surface area contributed by atoms with Gasteiger partial charge in [-0.2, -0.15) is 0 Å². The first-order chi connectivity index (χ1) is 9.27. The first kappa shape index (κ1) is 15.0. The van der Waals surface area contributed by atoms with Crippen LogP contribution in [-0.2, 0) is 5.54 Å². The molecule has 1 fully saturated rings. The van der Waals surface area contributed by atoms with Gasteiger partial charge in [0, 0.05) is 37.6 Å². The molecule has 112 valence electrons. The van der Waals surface area contributed by atoms with Gasteiger partial charge in [0.1, 0.15) is 0 Å². The number of rotatable bonds is 3. The summed E-state index contributed by atoms with van der Waals surface area (Å²) < 4.78 is 1.77. The summed E-state index contributed by atoms with van der Waals surface area (Å²) in [5.74, 6) is 0.585. The minimum Gasteiger partial charge on any atom is -0.351 e. The normalized spacial score (nSPS) is 23.4. The third-order valence-electron chi connectivity index (χ3n) is 4.01. The summed E-state index contributed by atoms with van der Waals surface area (Å²) in [6.07, 6.45) is 4.59. The van der Waals surface area contributed by atoms with Crippen LogP contribution in [0.2, 0.25) is 0 Å². The minimum atomic E-state index is -0.219. The van der Waals surface area contributed by atoms with Gasteiger partial charge in [-0.05, 0) is 39.7 Å². The largest absolute Gasteiger partial charge is 0.351 e. The number of hydrogen-bond acceptors (Lipinski definition) is 4. The zero-order valence-corrected chi connectivity index (χ0v) is 13.2. The van der Waals surface area contributed by atoms with E-state index in [0.29, 0.717) is 5.82 Å². The molecule has 0 aromatic carbocycles. The Labute approximate surface area is 121 Å². The van der Waals surface area contributed by atoms with Crippen LogP contribution in [0.3, 0.4) is 0 Å². The van der Waals surface area contributed by atoms with Crippen molar-refractivity contribution in [1.29, 1.82) is 0 Å². The molecule has 1 atom stereocenters. The summed E-state index contributed by atoms with van der Waals surface area (Å²) in [6.45, 7) is 11.1. The highest BCUT2D eigenvalue weighted by Crippen LogP contribution is 2.30. The van der Waals surface area contributed by atoms with E-state index in [2.05, 4.69) is 22.1 Å². The summed E-state index contributed by atoms with van der Waals surface area (Å²) in [5.41, 5.74) is 0.00216. The van der Waals surface area contributed by atoms with Gasteiger partial charge in [0.25, 0.3) is 5.56 Å². The molecule has 2 heterocycles. The van der Waals surface area contributed by atoms with Gasteiger partial charge < -0.3 is 14.8 Å². The molecular formula is C15H26N4O. The highest BCUT2D eigenvalue weighted by atomic mass is 16.1. The minimum absolute atomic E-state index is 0.00806. The van der Waals surface area contributed by atoms with Crippen LogP contribution in [0.1, 0.15) is 34.1 Å². The Morgan fingerprint density at radius 3 is 2.75 bits per heavy atom. The van der Waals surface area contributed by atoms with Crippen molar-refractivity contribution in [3.63, 3.8) is 0 Å². The van der Waals surface area contributed by atoms with E-state index in [0.717, 1.165) is 26.1 Å². The molecular weight excluding hydrogens is 252 g/mol. The summed E-state index contributed by atoms with van der Waals surface area (Å²) in [4.78, 5) is 19.1. The van der Waals surface area contributed by atoms with Crippen LogP contribution < -0.4 is 15.8 Å². The molecule has 1 aliphatic heterocycles.